The Kier molecular flexibility index (Phi) is 7.80. The van der Waals surface area contributed by atoms with Crippen molar-refractivity contribution in [3.05, 3.63) is 218 Å². The van der Waals surface area contributed by atoms with E-state index in [1.54, 1.807) is 0 Å². The smallest absolute Gasteiger partial charge is 0.135 e. The van der Waals surface area contributed by atoms with Gasteiger partial charge in [0.25, 0.3) is 0 Å². The molecule has 0 N–H and O–H groups in total. The molecule has 0 nitrogen and oxygen atoms in total. The third-order valence-electron chi connectivity index (χ3n) is 11.8. The van der Waals surface area contributed by atoms with Crippen LogP contribution in [0.25, 0.3) is 74.7 Å². The van der Waals surface area contributed by atoms with Gasteiger partial charge in [-0.15, -0.1) is 11.3 Å². The molecule has 2 heteroatoms. The number of hydrogen-bond donors (Lipinski definition) is 0. The molecule has 0 spiro atoms. The molecule has 0 unspecified atom stereocenters. The van der Waals surface area contributed by atoms with E-state index in [2.05, 4.69) is 218 Å². The fourth-order valence-electron chi connectivity index (χ4n) is 9.44. The van der Waals surface area contributed by atoms with Crippen molar-refractivity contribution in [3.8, 4) is 22.3 Å². The van der Waals surface area contributed by atoms with Gasteiger partial charge in [-0.05, 0) is 81.9 Å². The van der Waals surface area contributed by atoms with Crippen LogP contribution in [0.1, 0.15) is 0 Å². The Hall–Kier alpha value is -6.58. The number of thiophene rings is 1. The molecule has 56 heavy (non-hydrogen) atoms. The molecule has 1 heterocycles. The lowest BCUT2D eigenvalue weighted by atomic mass is 9.85. The van der Waals surface area contributed by atoms with Gasteiger partial charge >= 0.3 is 0 Å². The van der Waals surface area contributed by atoms with Crippen LogP contribution in [-0.2, 0) is 0 Å². The summed E-state index contributed by atoms with van der Waals surface area (Å²) in [7, 11) is -2.65. The summed E-state index contributed by atoms with van der Waals surface area (Å²) in [5.41, 5.74) is 5.13. The Balaban J connectivity index is 1.18. The lowest BCUT2D eigenvalue weighted by molar-refractivity contribution is 1.65. The van der Waals surface area contributed by atoms with E-state index in [1.165, 1.54) is 95.5 Å². The lowest BCUT2D eigenvalue weighted by Gasteiger charge is -2.34. The van der Waals surface area contributed by atoms with Crippen molar-refractivity contribution >= 4 is 92.6 Å². The van der Waals surface area contributed by atoms with E-state index in [9.17, 15) is 0 Å². The van der Waals surface area contributed by atoms with Crippen LogP contribution in [0.15, 0.2) is 218 Å². The summed E-state index contributed by atoms with van der Waals surface area (Å²) in [5.74, 6) is 0. The first-order chi connectivity index (χ1) is 27.8. The van der Waals surface area contributed by atoms with E-state index < -0.39 is 8.07 Å². The molecule has 0 bridgehead atoms. The van der Waals surface area contributed by atoms with Crippen molar-refractivity contribution in [3.63, 3.8) is 0 Å². The minimum Gasteiger partial charge on any atom is -0.135 e. The second-order valence-corrected chi connectivity index (χ2v) is 19.6. The summed E-state index contributed by atoms with van der Waals surface area (Å²) in [5, 5.41) is 15.9. The summed E-state index contributed by atoms with van der Waals surface area (Å²) < 4.78 is 2.67. The highest BCUT2D eigenvalue weighted by molar-refractivity contribution is 7.26. The van der Waals surface area contributed by atoms with Gasteiger partial charge in [-0.1, -0.05) is 206 Å². The molecule has 11 aromatic rings. The molecule has 0 atom stereocenters. The molecule has 11 rings (SSSR count). The molecule has 0 aliphatic heterocycles. The van der Waals surface area contributed by atoms with Crippen LogP contribution in [0.5, 0.6) is 0 Å². The maximum atomic E-state index is 2.44. The molecule has 0 amide bonds. The van der Waals surface area contributed by atoms with Crippen molar-refractivity contribution in [2.24, 2.45) is 0 Å². The fraction of sp³-hybridized carbons (Fsp3) is 0. The standard InChI is InChI=1S/C54H36SSi/c1-4-19-39(20-5-1)56(40-21-6-2-7-22-40,41-23-8-3-9-24-41)42-34-32-37(33-35-42)51-44-26-12-14-28-46(44)52(47-29-15-13-27-45(47)51)49-36-38-18-10-11-25-43(38)53-48-30-16-17-31-50(48)55-54(49)53/h1-36H. The molecule has 0 saturated heterocycles. The highest BCUT2D eigenvalue weighted by atomic mass is 32.1. The maximum absolute atomic E-state index is 2.65. The van der Waals surface area contributed by atoms with Crippen LogP contribution in [-0.4, -0.2) is 8.07 Å². The zero-order valence-electron chi connectivity index (χ0n) is 30.7. The monoisotopic (exact) mass is 744 g/mol. The van der Waals surface area contributed by atoms with Crippen molar-refractivity contribution in [2.45, 2.75) is 0 Å². The fourth-order valence-corrected chi connectivity index (χ4v) is 15.4. The zero-order valence-corrected chi connectivity index (χ0v) is 32.5. The quantitative estimate of drug-likeness (QED) is 0.0903. The van der Waals surface area contributed by atoms with Gasteiger partial charge in [0, 0.05) is 25.7 Å². The predicted octanol–water partition coefficient (Wildman–Crippen LogP) is 12.2. The normalized spacial score (nSPS) is 11.9. The minimum absolute atomic E-state index is 1.23. The summed E-state index contributed by atoms with van der Waals surface area (Å²) in [4.78, 5) is 0. The second kappa shape index (κ2) is 13.3. The van der Waals surface area contributed by atoms with Gasteiger partial charge in [0.05, 0.1) is 0 Å². The van der Waals surface area contributed by atoms with E-state index >= 15 is 0 Å². The second-order valence-electron chi connectivity index (χ2n) is 14.7. The maximum Gasteiger partial charge on any atom is 0.179 e. The molecule has 262 valence electrons. The number of hydrogen-bond acceptors (Lipinski definition) is 1. The van der Waals surface area contributed by atoms with Gasteiger partial charge in [-0.2, -0.15) is 0 Å². The molecule has 0 aliphatic rings. The van der Waals surface area contributed by atoms with Crippen LogP contribution in [0.2, 0.25) is 0 Å². The molecule has 0 fully saturated rings. The van der Waals surface area contributed by atoms with Gasteiger partial charge in [-0.25, -0.2) is 0 Å². The van der Waals surface area contributed by atoms with Crippen molar-refractivity contribution in [1.29, 1.82) is 0 Å². The average Bonchev–Trinajstić information content (AvgIpc) is 3.67. The van der Waals surface area contributed by atoms with Gasteiger partial charge in [0.1, 0.15) is 0 Å². The Morgan fingerprint density at radius 2 is 0.732 bits per heavy atom. The van der Waals surface area contributed by atoms with Gasteiger partial charge in [-0.3, -0.25) is 0 Å². The first kappa shape index (κ1) is 32.8. The van der Waals surface area contributed by atoms with Gasteiger partial charge < -0.3 is 0 Å². The van der Waals surface area contributed by atoms with Gasteiger partial charge in [0.2, 0.25) is 0 Å². The van der Waals surface area contributed by atoms with Crippen LogP contribution < -0.4 is 20.7 Å². The highest BCUT2D eigenvalue weighted by Gasteiger charge is 2.41. The highest BCUT2D eigenvalue weighted by Crippen LogP contribution is 2.49. The van der Waals surface area contributed by atoms with E-state index in [0.29, 0.717) is 0 Å². The first-order valence-electron chi connectivity index (χ1n) is 19.3. The van der Waals surface area contributed by atoms with E-state index in [4.69, 9.17) is 0 Å². The number of fused-ring (bicyclic) bond motifs is 7. The van der Waals surface area contributed by atoms with Crippen LogP contribution in [0, 0.1) is 0 Å². The van der Waals surface area contributed by atoms with E-state index in [0.717, 1.165) is 0 Å². The topological polar surface area (TPSA) is 0 Å². The molecular formula is C54H36SSi. The predicted molar refractivity (Wildman–Crippen MR) is 246 cm³/mol. The molecule has 0 saturated carbocycles. The third-order valence-corrected chi connectivity index (χ3v) is 17.8. The lowest BCUT2D eigenvalue weighted by Crippen LogP contribution is -2.74. The third kappa shape index (κ3) is 4.97. The minimum atomic E-state index is -2.65. The molecule has 1 aromatic heterocycles. The molecule has 10 aromatic carbocycles. The van der Waals surface area contributed by atoms with Crippen molar-refractivity contribution in [1.82, 2.24) is 0 Å². The van der Waals surface area contributed by atoms with Crippen LogP contribution in [0.4, 0.5) is 0 Å². The Labute approximate surface area is 331 Å². The Bertz CT molecular complexity index is 3070. The molecule has 0 aliphatic carbocycles. The molecule has 0 radical (unpaired) electrons. The SMILES string of the molecule is c1ccc([Si](c2ccccc2)(c2ccccc2)c2ccc(-c3c4ccccc4c(-c4cc5ccccc5c5c4sc4ccccc45)c4ccccc34)cc2)cc1. The van der Waals surface area contributed by atoms with E-state index in [1.807, 2.05) is 11.3 Å². The van der Waals surface area contributed by atoms with Crippen molar-refractivity contribution in [2.75, 3.05) is 0 Å². The summed E-state index contributed by atoms with van der Waals surface area (Å²) in [6.07, 6.45) is 0. The van der Waals surface area contributed by atoms with Gasteiger partial charge in [0.15, 0.2) is 8.07 Å². The largest absolute Gasteiger partial charge is 0.179 e. The Morgan fingerprint density at radius 3 is 1.27 bits per heavy atom. The van der Waals surface area contributed by atoms with Crippen LogP contribution in [0.3, 0.4) is 0 Å². The zero-order chi connectivity index (χ0) is 37.1. The van der Waals surface area contributed by atoms with Crippen LogP contribution >= 0.6 is 11.3 Å². The first-order valence-corrected chi connectivity index (χ1v) is 22.2. The number of rotatable bonds is 6. The van der Waals surface area contributed by atoms with E-state index in [-0.39, 0.29) is 0 Å². The summed E-state index contributed by atoms with van der Waals surface area (Å²) >= 11 is 1.92. The Morgan fingerprint density at radius 1 is 0.321 bits per heavy atom. The average molecular weight is 745 g/mol. The summed E-state index contributed by atoms with van der Waals surface area (Å²) in [6.45, 7) is 0. The summed E-state index contributed by atoms with van der Waals surface area (Å²) in [6, 6.07) is 81.6. The number of benzene rings is 10. The molecular weight excluding hydrogens is 709 g/mol. The van der Waals surface area contributed by atoms with Crippen molar-refractivity contribution < 1.29 is 0 Å².